The molecule has 1 amide bonds. The monoisotopic (exact) mass is 488 g/mol. The molecule has 0 radical (unpaired) electrons. The van der Waals surface area contributed by atoms with Crippen LogP contribution in [0.15, 0.2) is 59.4 Å². The second kappa shape index (κ2) is 10.5. The van der Waals surface area contributed by atoms with Crippen molar-refractivity contribution in [2.24, 2.45) is 0 Å². The number of carbonyl (C=O) groups is 2. The maximum absolute atomic E-state index is 13.4. The van der Waals surface area contributed by atoms with Gasteiger partial charge >= 0.3 is 5.97 Å². The van der Waals surface area contributed by atoms with Crippen LogP contribution in [0.4, 0.5) is 5.69 Å². The van der Waals surface area contributed by atoms with E-state index in [0.717, 1.165) is 11.3 Å². The zero-order chi connectivity index (χ0) is 25.8. The predicted molar refractivity (Wildman–Crippen MR) is 137 cm³/mol. The van der Waals surface area contributed by atoms with Gasteiger partial charge < -0.3 is 19.4 Å². The average Bonchev–Trinajstić information content (AvgIpc) is 3.34. The fourth-order valence-corrected chi connectivity index (χ4v) is 4.27. The Morgan fingerprint density at radius 1 is 1.06 bits per heavy atom. The molecule has 2 heterocycles. The first kappa shape index (κ1) is 24.7. The number of methoxy groups -OCH3 is 2. The third-order valence-electron chi connectivity index (χ3n) is 6.15. The lowest BCUT2D eigenvalue weighted by molar-refractivity contribution is -0.116. The fourth-order valence-electron chi connectivity index (χ4n) is 4.27. The van der Waals surface area contributed by atoms with Gasteiger partial charge in [-0.2, -0.15) is 9.61 Å². The van der Waals surface area contributed by atoms with Crippen molar-refractivity contribution in [2.45, 2.75) is 33.2 Å². The number of ether oxygens (including phenoxy) is 2. The molecule has 9 nitrogen and oxygen atoms in total. The molecule has 0 aliphatic heterocycles. The molecule has 0 atom stereocenters. The largest absolute Gasteiger partial charge is 0.496 e. The summed E-state index contributed by atoms with van der Waals surface area (Å²) in [6.07, 6.45) is 0.376. The summed E-state index contributed by atoms with van der Waals surface area (Å²) in [5.41, 5.74) is 4.15. The summed E-state index contributed by atoms with van der Waals surface area (Å²) in [5.74, 6) is -0.0130. The summed E-state index contributed by atoms with van der Waals surface area (Å²) >= 11 is 0. The Morgan fingerprint density at radius 2 is 1.78 bits per heavy atom. The van der Waals surface area contributed by atoms with E-state index in [9.17, 15) is 14.4 Å². The fraction of sp³-hybridized carbons (Fsp3) is 0.259. The highest BCUT2D eigenvalue weighted by atomic mass is 16.5. The van der Waals surface area contributed by atoms with E-state index >= 15 is 0 Å². The first-order valence-corrected chi connectivity index (χ1v) is 11.6. The molecule has 0 spiro atoms. The standard InChI is InChI=1S/C27H28N4O5/c1-5-30-17(2)20(14-15-24(32)28-19-12-10-18(11-13-19)27(34)36-4)26(33)31-25(30)16-22(29-31)21-8-6-7-9-23(21)35-3/h6-13,16H,5,14-15H2,1-4H3,(H,28,32). The third-order valence-corrected chi connectivity index (χ3v) is 6.15. The molecule has 0 fully saturated rings. The van der Waals surface area contributed by atoms with Crippen molar-refractivity contribution in [2.75, 3.05) is 19.5 Å². The Hall–Kier alpha value is -4.40. The summed E-state index contributed by atoms with van der Waals surface area (Å²) in [7, 11) is 2.91. The number of aryl methyl sites for hydroxylation is 1. The molecule has 4 aromatic rings. The number of para-hydroxylation sites is 1. The molecule has 2 aromatic carbocycles. The van der Waals surface area contributed by atoms with Crippen LogP contribution < -0.4 is 15.6 Å². The second-order valence-electron chi connectivity index (χ2n) is 8.23. The number of benzene rings is 2. The molecule has 0 unspecified atom stereocenters. The number of carbonyl (C=O) groups excluding carboxylic acids is 2. The molecule has 0 aliphatic rings. The lowest BCUT2D eigenvalue weighted by Gasteiger charge is -2.14. The van der Waals surface area contributed by atoms with Gasteiger partial charge in [0.25, 0.3) is 5.56 Å². The molecule has 36 heavy (non-hydrogen) atoms. The van der Waals surface area contributed by atoms with Crippen LogP contribution >= 0.6 is 0 Å². The second-order valence-corrected chi connectivity index (χ2v) is 8.23. The quantitative estimate of drug-likeness (QED) is 0.378. The van der Waals surface area contributed by atoms with Gasteiger partial charge in [0.2, 0.25) is 5.91 Å². The van der Waals surface area contributed by atoms with Crippen LogP contribution in [0.2, 0.25) is 0 Å². The van der Waals surface area contributed by atoms with Crippen molar-refractivity contribution in [3.63, 3.8) is 0 Å². The van der Waals surface area contributed by atoms with Gasteiger partial charge in [-0.05, 0) is 56.7 Å². The minimum Gasteiger partial charge on any atom is -0.496 e. The smallest absolute Gasteiger partial charge is 0.337 e. The number of esters is 1. The Bertz CT molecular complexity index is 1480. The molecular weight excluding hydrogens is 460 g/mol. The highest BCUT2D eigenvalue weighted by molar-refractivity contribution is 5.93. The number of aromatic nitrogens is 3. The number of hydrogen-bond acceptors (Lipinski definition) is 6. The Balaban J connectivity index is 1.59. The number of hydrogen-bond donors (Lipinski definition) is 1. The van der Waals surface area contributed by atoms with Crippen molar-refractivity contribution in [1.82, 2.24) is 14.2 Å². The van der Waals surface area contributed by atoms with Crippen LogP contribution in [0.1, 0.15) is 35.0 Å². The topological polar surface area (TPSA) is 104 Å². The molecule has 186 valence electrons. The van der Waals surface area contributed by atoms with E-state index < -0.39 is 5.97 Å². The first-order chi connectivity index (χ1) is 17.4. The van der Waals surface area contributed by atoms with Crippen molar-refractivity contribution in [3.05, 3.63) is 81.8 Å². The highest BCUT2D eigenvalue weighted by Gasteiger charge is 2.19. The van der Waals surface area contributed by atoms with E-state index in [1.54, 1.807) is 31.4 Å². The molecule has 4 rings (SSSR count). The SMILES string of the molecule is CCn1c(C)c(CCC(=O)Nc2ccc(C(=O)OC)cc2)c(=O)n2nc(-c3ccccc3OC)cc12. The number of fused-ring (bicyclic) bond motifs is 1. The van der Waals surface area contributed by atoms with Crippen molar-refractivity contribution >= 4 is 23.2 Å². The predicted octanol–water partition coefficient (Wildman–Crippen LogP) is 3.86. The Kier molecular flexibility index (Phi) is 7.19. The highest BCUT2D eigenvalue weighted by Crippen LogP contribution is 2.29. The van der Waals surface area contributed by atoms with Gasteiger partial charge in [0, 0.05) is 41.5 Å². The van der Waals surface area contributed by atoms with E-state index in [1.165, 1.54) is 11.6 Å². The number of nitrogens with one attached hydrogen (secondary N) is 1. The summed E-state index contributed by atoms with van der Waals surface area (Å²) in [5, 5.41) is 7.39. The normalized spacial score (nSPS) is 10.9. The summed E-state index contributed by atoms with van der Waals surface area (Å²) in [6, 6.07) is 15.8. The summed E-state index contributed by atoms with van der Waals surface area (Å²) in [4.78, 5) is 37.6. The van der Waals surface area contributed by atoms with E-state index in [4.69, 9.17) is 4.74 Å². The van der Waals surface area contributed by atoms with E-state index in [1.807, 2.05) is 48.7 Å². The van der Waals surface area contributed by atoms with Crippen LogP contribution in [-0.4, -0.2) is 40.3 Å². The van der Waals surface area contributed by atoms with Gasteiger partial charge in [0.15, 0.2) is 0 Å². The van der Waals surface area contributed by atoms with E-state index in [0.29, 0.717) is 40.4 Å². The van der Waals surface area contributed by atoms with Gasteiger partial charge in [0.05, 0.1) is 25.5 Å². The maximum atomic E-state index is 13.4. The van der Waals surface area contributed by atoms with Crippen LogP contribution in [0.5, 0.6) is 5.75 Å². The molecule has 0 saturated heterocycles. The minimum absolute atomic E-state index is 0.116. The Labute approximate surface area is 208 Å². The van der Waals surface area contributed by atoms with Crippen molar-refractivity contribution in [1.29, 1.82) is 0 Å². The maximum Gasteiger partial charge on any atom is 0.337 e. The molecule has 2 aromatic heterocycles. The van der Waals surface area contributed by atoms with E-state index in [-0.39, 0.29) is 24.3 Å². The van der Waals surface area contributed by atoms with Crippen molar-refractivity contribution in [3.8, 4) is 17.0 Å². The van der Waals surface area contributed by atoms with Crippen LogP contribution in [0.25, 0.3) is 16.9 Å². The number of rotatable bonds is 8. The van der Waals surface area contributed by atoms with Gasteiger partial charge in [-0.15, -0.1) is 0 Å². The summed E-state index contributed by atoms with van der Waals surface area (Å²) < 4.78 is 13.6. The zero-order valence-corrected chi connectivity index (χ0v) is 20.7. The lowest BCUT2D eigenvalue weighted by atomic mass is 10.1. The molecular formula is C27H28N4O5. The van der Waals surface area contributed by atoms with Gasteiger partial charge in [-0.1, -0.05) is 12.1 Å². The van der Waals surface area contributed by atoms with Crippen LogP contribution in [0, 0.1) is 6.92 Å². The lowest BCUT2D eigenvalue weighted by Crippen LogP contribution is -2.26. The van der Waals surface area contributed by atoms with Gasteiger partial charge in [0.1, 0.15) is 11.4 Å². The molecule has 0 aliphatic carbocycles. The molecule has 9 heteroatoms. The van der Waals surface area contributed by atoms with Crippen LogP contribution in [-0.2, 0) is 22.5 Å². The zero-order valence-electron chi connectivity index (χ0n) is 20.7. The number of anilines is 1. The van der Waals surface area contributed by atoms with Gasteiger partial charge in [-0.25, -0.2) is 4.79 Å². The van der Waals surface area contributed by atoms with E-state index in [2.05, 4.69) is 15.2 Å². The number of nitrogens with zero attached hydrogens (tertiary/aromatic N) is 3. The average molecular weight is 489 g/mol. The molecule has 1 N–H and O–H groups in total. The molecule has 0 saturated carbocycles. The third kappa shape index (κ3) is 4.72. The minimum atomic E-state index is -0.446. The van der Waals surface area contributed by atoms with Crippen molar-refractivity contribution < 1.29 is 19.1 Å². The summed E-state index contributed by atoms with van der Waals surface area (Å²) in [6.45, 7) is 4.53. The number of amides is 1. The molecule has 0 bridgehead atoms. The first-order valence-electron chi connectivity index (χ1n) is 11.6. The van der Waals surface area contributed by atoms with Crippen LogP contribution in [0.3, 0.4) is 0 Å². The Morgan fingerprint density at radius 3 is 2.44 bits per heavy atom. The van der Waals surface area contributed by atoms with Gasteiger partial charge in [-0.3, -0.25) is 9.59 Å².